The first kappa shape index (κ1) is 18.2. The summed E-state index contributed by atoms with van der Waals surface area (Å²) in [6.45, 7) is 5.68. The maximum Gasteiger partial charge on any atom is 0.416 e. The van der Waals surface area contributed by atoms with Crippen LogP contribution in [0.3, 0.4) is 0 Å². The second-order valence-corrected chi connectivity index (χ2v) is 6.54. The molecule has 1 heterocycles. The molecule has 128 valence electrons. The van der Waals surface area contributed by atoms with Gasteiger partial charge in [-0.3, -0.25) is 9.78 Å². The van der Waals surface area contributed by atoms with Gasteiger partial charge in [0.1, 0.15) is 5.69 Å². The minimum absolute atomic E-state index is 0.00708. The molecule has 0 radical (unpaired) electrons. The number of rotatable bonds is 2. The third-order valence-electron chi connectivity index (χ3n) is 3.12. The Labute approximate surface area is 142 Å². The molecule has 0 spiro atoms. The average Bonchev–Trinajstić information content (AvgIpc) is 2.45. The molecule has 1 amide bonds. The molecule has 2 aromatic rings. The Morgan fingerprint density at radius 1 is 1.21 bits per heavy atom. The molecule has 1 aromatic carbocycles. The molecular weight excluding hydrogens is 343 g/mol. The van der Waals surface area contributed by atoms with Crippen LogP contribution in [0, 0.1) is 0 Å². The molecule has 0 fully saturated rings. The van der Waals surface area contributed by atoms with E-state index in [-0.39, 0.29) is 21.9 Å². The van der Waals surface area contributed by atoms with Gasteiger partial charge in [0.05, 0.1) is 17.5 Å². The number of hydrogen-bond donors (Lipinski definition) is 1. The quantitative estimate of drug-likeness (QED) is 0.847. The second-order valence-electron chi connectivity index (χ2n) is 6.18. The summed E-state index contributed by atoms with van der Waals surface area (Å²) in [5, 5.41) is 2.44. The van der Waals surface area contributed by atoms with Crippen molar-refractivity contribution in [3.8, 4) is 0 Å². The summed E-state index contributed by atoms with van der Waals surface area (Å²) in [5.41, 5.74) is -0.745. The van der Waals surface area contributed by atoms with Crippen molar-refractivity contribution in [1.29, 1.82) is 0 Å². The van der Waals surface area contributed by atoms with E-state index in [1.54, 1.807) is 0 Å². The zero-order chi connectivity index (χ0) is 18.1. The van der Waals surface area contributed by atoms with Crippen LogP contribution >= 0.6 is 11.6 Å². The fraction of sp³-hybridized carbons (Fsp3) is 0.312. The van der Waals surface area contributed by atoms with Crippen molar-refractivity contribution in [3.05, 3.63) is 52.6 Å². The summed E-state index contributed by atoms with van der Waals surface area (Å²) in [5.74, 6) is -0.691. The number of benzene rings is 1. The van der Waals surface area contributed by atoms with Crippen molar-refractivity contribution in [2.45, 2.75) is 32.4 Å². The normalized spacial score (nSPS) is 12.1. The number of nitrogens with one attached hydrogen (secondary N) is 1. The van der Waals surface area contributed by atoms with E-state index < -0.39 is 17.6 Å². The number of hydrogen-bond acceptors (Lipinski definition) is 3. The van der Waals surface area contributed by atoms with Crippen LogP contribution in [-0.2, 0) is 11.6 Å². The van der Waals surface area contributed by atoms with Gasteiger partial charge < -0.3 is 5.32 Å². The molecule has 0 bridgehead atoms. The number of halogens is 4. The highest BCUT2D eigenvalue weighted by atomic mass is 35.5. The van der Waals surface area contributed by atoms with Gasteiger partial charge in [-0.25, -0.2) is 4.98 Å². The number of anilines is 1. The summed E-state index contributed by atoms with van der Waals surface area (Å²) in [6, 6.07) is 4.33. The van der Waals surface area contributed by atoms with Crippen molar-refractivity contribution in [1.82, 2.24) is 9.97 Å². The van der Waals surface area contributed by atoms with Crippen LogP contribution in [0.1, 0.15) is 42.5 Å². The van der Waals surface area contributed by atoms with Gasteiger partial charge in [0.25, 0.3) is 5.91 Å². The Bertz CT molecular complexity index is 770. The lowest BCUT2D eigenvalue weighted by Gasteiger charge is -2.18. The predicted octanol–water partition coefficient (Wildman–Crippen LogP) is 4.70. The lowest BCUT2D eigenvalue weighted by atomic mass is 9.92. The minimum atomic E-state index is -4.49. The topological polar surface area (TPSA) is 54.9 Å². The zero-order valence-corrected chi connectivity index (χ0v) is 14.0. The first-order valence-electron chi connectivity index (χ1n) is 7.00. The summed E-state index contributed by atoms with van der Waals surface area (Å²) < 4.78 is 38.1. The van der Waals surface area contributed by atoms with E-state index in [1.165, 1.54) is 18.3 Å². The van der Waals surface area contributed by atoms with E-state index >= 15 is 0 Å². The molecule has 0 atom stereocenters. The summed E-state index contributed by atoms with van der Waals surface area (Å²) in [6.07, 6.45) is -3.24. The van der Waals surface area contributed by atoms with Crippen molar-refractivity contribution in [3.63, 3.8) is 0 Å². The Hall–Kier alpha value is -2.15. The van der Waals surface area contributed by atoms with Crippen molar-refractivity contribution < 1.29 is 18.0 Å². The Kier molecular flexibility index (Phi) is 4.85. The van der Waals surface area contributed by atoms with Gasteiger partial charge in [0, 0.05) is 11.1 Å². The molecule has 1 aromatic heterocycles. The molecule has 2 rings (SSSR count). The predicted molar refractivity (Wildman–Crippen MR) is 85.1 cm³/mol. The monoisotopic (exact) mass is 357 g/mol. The smallest absolute Gasteiger partial charge is 0.321 e. The molecule has 0 saturated heterocycles. The van der Waals surface area contributed by atoms with Crippen molar-refractivity contribution >= 4 is 23.2 Å². The number of carbonyl (C=O) groups is 1. The maximum atomic E-state index is 12.7. The Morgan fingerprint density at radius 3 is 2.42 bits per heavy atom. The van der Waals surface area contributed by atoms with Crippen LogP contribution in [0.25, 0.3) is 0 Å². The minimum Gasteiger partial charge on any atom is -0.321 e. The van der Waals surface area contributed by atoms with Crippen LogP contribution in [0.15, 0.2) is 30.5 Å². The van der Waals surface area contributed by atoms with E-state index in [9.17, 15) is 18.0 Å². The van der Waals surface area contributed by atoms with Crippen LogP contribution in [0.2, 0.25) is 5.15 Å². The summed E-state index contributed by atoms with van der Waals surface area (Å²) >= 11 is 6.04. The van der Waals surface area contributed by atoms with Gasteiger partial charge in [0.2, 0.25) is 0 Å². The fourth-order valence-corrected chi connectivity index (χ4v) is 2.37. The standard InChI is InChI=1S/C16H15ClF3N3O/c1-15(2,3)12-13(17)23-11(8-21-12)14(24)22-10-6-4-5-9(7-10)16(18,19)20/h4-8H,1-3H3,(H,22,24). The first-order valence-corrected chi connectivity index (χ1v) is 7.38. The fourth-order valence-electron chi connectivity index (χ4n) is 1.95. The lowest BCUT2D eigenvalue weighted by Crippen LogP contribution is -2.19. The largest absolute Gasteiger partial charge is 0.416 e. The number of alkyl halides is 3. The van der Waals surface area contributed by atoms with Gasteiger partial charge in [-0.15, -0.1) is 0 Å². The first-order chi connectivity index (χ1) is 11.0. The zero-order valence-electron chi connectivity index (χ0n) is 13.2. The molecular formula is C16H15ClF3N3O. The second kappa shape index (κ2) is 6.39. The van der Waals surface area contributed by atoms with Crippen LogP contribution in [0.5, 0.6) is 0 Å². The van der Waals surface area contributed by atoms with E-state index in [4.69, 9.17) is 11.6 Å². The van der Waals surface area contributed by atoms with Gasteiger partial charge in [-0.2, -0.15) is 13.2 Å². The highest BCUT2D eigenvalue weighted by molar-refractivity contribution is 6.30. The van der Waals surface area contributed by atoms with Gasteiger partial charge >= 0.3 is 6.18 Å². The number of amides is 1. The molecule has 0 saturated carbocycles. The van der Waals surface area contributed by atoms with Crippen molar-refractivity contribution in [2.75, 3.05) is 5.32 Å². The maximum absolute atomic E-state index is 12.7. The average molecular weight is 358 g/mol. The van der Waals surface area contributed by atoms with Crippen molar-refractivity contribution in [2.24, 2.45) is 0 Å². The molecule has 0 aliphatic heterocycles. The molecule has 4 nitrogen and oxygen atoms in total. The van der Waals surface area contributed by atoms with Gasteiger partial charge in [-0.05, 0) is 18.2 Å². The third kappa shape index (κ3) is 4.23. The number of carbonyl (C=O) groups excluding carboxylic acids is 1. The molecule has 0 aliphatic carbocycles. The summed E-state index contributed by atoms with van der Waals surface area (Å²) in [7, 11) is 0. The molecule has 0 aliphatic rings. The molecule has 1 N–H and O–H groups in total. The van der Waals surface area contributed by atoms with E-state index in [1.807, 2.05) is 20.8 Å². The summed E-state index contributed by atoms with van der Waals surface area (Å²) in [4.78, 5) is 20.2. The highest BCUT2D eigenvalue weighted by Crippen LogP contribution is 2.31. The highest BCUT2D eigenvalue weighted by Gasteiger charge is 2.30. The Morgan fingerprint density at radius 2 is 1.88 bits per heavy atom. The van der Waals surface area contributed by atoms with Crippen LogP contribution < -0.4 is 5.32 Å². The lowest BCUT2D eigenvalue weighted by molar-refractivity contribution is -0.137. The number of nitrogens with zero attached hydrogens (tertiary/aromatic N) is 2. The van der Waals surface area contributed by atoms with E-state index in [0.29, 0.717) is 5.69 Å². The number of aromatic nitrogens is 2. The molecule has 24 heavy (non-hydrogen) atoms. The SMILES string of the molecule is CC(C)(C)c1ncc(C(=O)Nc2cccc(C(F)(F)F)c2)nc1Cl. The van der Waals surface area contributed by atoms with Gasteiger partial charge in [0.15, 0.2) is 5.15 Å². The third-order valence-corrected chi connectivity index (χ3v) is 3.38. The Balaban J connectivity index is 2.23. The van der Waals surface area contributed by atoms with Gasteiger partial charge in [-0.1, -0.05) is 38.4 Å². The van der Waals surface area contributed by atoms with Crippen LogP contribution in [0.4, 0.5) is 18.9 Å². The van der Waals surface area contributed by atoms with E-state index in [2.05, 4.69) is 15.3 Å². The molecule has 8 heteroatoms. The molecule has 0 unspecified atom stereocenters. The van der Waals surface area contributed by atoms with E-state index in [0.717, 1.165) is 12.1 Å². The van der Waals surface area contributed by atoms with Crippen LogP contribution in [-0.4, -0.2) is 15.9 Å².